The molecule has 1 aromatic carbocycles. The lowest BCUT2D eigenvalue weighted by atomic mass is 9.67. The van der Waals surface area contributed by atoms with Gasteiger partial charge in [0.2, 0.25) is 0 Å². The van der Waals surface area contributed by atoms with Gasteiger partial charge in [0.25, 0.3) is 0 Å². The molecule has 1 aliphatic carbocycles. The lowest BCUT2D eigenvalue weighted by Gasteiger charge is -2.44. The Morgan fingerprint density at radius 2 is 1.90 bits per heavy atom. The molecule has 2 rings (SSSR count). The summed E-state index contributed by atoms with van der Waals surface area (Å²) in [5.74, 6) is 0.772. The van der Waals surface area contributed by atoms with E-state index < -0.39 is 6.36 Å². The summed E-state index contributed by atoms with van der Waals surface area (Å²) in [4.78, 5) is 0. The van der Waals surface area contributed by atoms with Gasteiger partial charge >= 0.3 is 6.36 Å². The van der Waals surface area contributed by atoms with Crippen LogP contribution in [0.3, 0.4) is 0 Å². The summed E-state index contributed by atoms with van der Waals surface area (Å²) in [6, 6.07) is 6.77. The van der Waals surface area contributed by atoms with Crippen LogP contribution in [-0.4, -0.2) is 18.9 Å². The van der Waals surface area contributed by atoms with Crippen LogP contribution in [-0.2, 0) is 0 Å². The Bertz CT molecular complexity index is 430. The number of alkyl halides is 3. The van der Waals surface area contributed by atoms with Crippen LogP contribution in [0.5, 0.6) is 5.75 Å². The van der Waals surface area contributed by atoms with Gasteiger partial charge in [-0.1, -0.05) is 26.0 Å². The summed E-state index contributed by atoms with van der Waals surface area (Å²) >= 11 is 0. The number of ether oxygens (including phenoxy) is 1. The van der Waals surface area contributed by atoms with Gasteiger partial charge in [-0.3, -0.25) is 0 Å². The second kappa shape index (κ2) is 6.04. The average Bonchev–Trinajstić information content (AvgIpc) is 2.37. The number of nitrogens with one attached hydrogen (secondary N) is 1. The molecule has 0 saturated heterocycles. The smallest absolute Gasteiger partial charge is 0.406 e. The van der Waals surface area contributed by atoms with Crippen molar-refractivity contribution >= 4 is 0 Å². The van der Waals surface area contributed by atoms with E-state index >= 15 is 0 Å². The van der Waals surface area contributed by atoms with Gasteiger partial charge < -0.3 is 10.1 Å². The molecule has 112 valence electrons. The predicted molar refractivity (Wildman–Crippen MR) is 71.7 cm³/mol. The topological polar surface area (TPSA) is 21.3 Å². The van der Waals surface area contributed by atoms with Crippen molar-refractivity contribution in [3.63, 3.8) is 0 Å². The van der Waals surface area contributed by atoms with E-state index in [9.17, 15) is 13.2 Å². The summed E-state index contributed by atoms with van der Waals surface area (Å²) in [6.07, 6.45) is -2.47. The Morgan fingerprint density at radius 1 is 1.25 bits per heavy atom. The number of hydrogen-bond acceptors (Lipinski definition) is 2. The van der Waals surface area contributed by atoms with Crippen LogP contribution in [0.15, 0.2) is 24.3 Å². The van der Waals surface area contributed by atoms with Gasteiger partial charge in [-0.15, -0.1) is 13.2 Å². The van der Waals surface area contributed by atoms with Crippen LogP contribution in [0, 0.1) is 5.92 Å². The quantitative estimate of drug-likeness (QED) is 0.881. The molecule has 0 spiro atoms. The first-order valence-corrected chi connectivity index (χ1v) is 7.00. The van der Waals surface area contributed by atoms with E-state index in [-0.39, 0.29) is 5.75 Å². The minimum atomic E-state index is -4.62. The normalized spacial score (nSPS) is 26.1. The molecule has 1 N–H and O–H groups in total. The molecular formula is C15H20F3NO. The largest absolute Gasteiger partial charge is 0.573 e. The van der Waals surface area contributed by atoms with Crippen LogP contribution in [0.25, 0.3) is 0 Å². The summed E-state index contributed by atoms with van der Waals surface area (Å²) in [5, 5.41) is 3.49. The van der Waals surface area contributed by atoms with Gasteiger partial charge in [0.05, 0.1) is 0 Å². The van der Waals surface area contributed by atoms with Gasteiger partial charge in [-0.2, -0.15) is 0 Å². The molecule has 0 aliphatic heterocycles. The third-order valence-corrected chi connectivity index (χ3v) is 3.98. The van der Waals surface area contributed by atoms with Crippen molar-refractivity contribution in [2.75, 3.05) is 6.54 Å². The molecule has 5 heteroatoms. The molecule has 2 nitrogen and oxygen atoms in total. The molecular weight excluding hydrogens is 267 g/mol. The maximum Gasteiger partial charge on any atom is 0.573 e. The van der Waals surface area contributed by atoms with E-state index in [1.165, 1.54) is 12.1 Å². The first-order valence-electron chi connectivity index (χ1n) is 7.00. The molecule has 1 fully saturated rings. The van der Waals surface area contributed by atoms with E-state index in [0.29, 0.717) is 17.9 Å². The van der Waals surface area contributed by atoms with Crippen molar-refractivity contribution in [2.45, 2.75) is 45.0 Å². The summed E-state index contributed by atoms with van der Waals surface area (Å²) < 4.78 is 40.1. The maximum atomic E-state index is 12.1. The summed E-state index contributed by atoms with van der Waals surface area (Å²) in [5.41, 5.74) is 1.08. The molecule has 0 aromatic heterocycles. The number of halogens is 3. The number of hydrogen-bond donors (Lipinski definition) is 1. The monoisotopic (exact) mass is 287 g/mol. The third kappa shape index (κ3) is 3.66. The highest BCUT2D eigenvalue weighted by molar-refractivity contribution is 5.31. The standard InChI is InChI=1S/C15H20F3NO/c1-3-8-19-14-9-13(10(14)2)11-4-6-12(7-5-11)20-15(16,17)18/h4-7,10,13-14,19H,3,8-9H2,1-2H3. The fraction of sp³-hybridized carbons (Fsp3) is 0.600. The molecule has 1 saturated carbocycles. The summed E-state index contributed by atoms with van der Waals surface area (Å²) in [7, 11) is 0. The fourth-order valence-corrected chi connectivity index (χ4v) is 2.74. The fourth-order valence-electron chi connectivity index (χ4n) is 2.74. The van der Waals surface area contributed by atoms with E-state index in [4.69, 9.17) is 0 Å². The predicted octanol–water partition coefficient (Wildman–Crippen LogP) is 4.08. The molecule has 0 radical (unpaired) electrons. The Kier molecular flexibility index (Phi) is 4.58. The second-order valence-electron chi connectivity index (χ2n) is 5.38. The van der Waals surface area contributed by atoms with Gasteiger partial charge in [0.1, 0.15) is 5.75 Å². The zero-order valence-electron chi connectivity index (χ0n) is 11.7. The summed E-state index contributed by atoms with van der Waals surface area (Å²) in [6.45, 7) is 5.33. The van der Waals surface area contributed by atoms with E-state index in [1.807, 2.05) is 0 Å². The Balaban J connectivity index is 1.92. The maximum absolute atomic E-state index is 12.1. The van der Waals surface area contributed by atoms with Crippen LogP contribution in [0.4, 0.5) is 13.2 Å². The minimum absolute atomic E-state index is 0.158. The van der Waals surface area contributed by atoms with Crippen molar-refractivity contribution in [3.8, 4) is 5.75 Å². The minimum Gasteiger partial charge on any atom is -0.406 e. The first kappa shape index (κ1) is 15.2. The molecule has 3 unspecified atom stereocenters. The molecule has 1 aromatic rings. The Labute approximate surface area is 117 Å². The van der Waals surface area contributed by atoms with Crippen LogP contribution >= 0.6 is 0 Å². The number of benzene rings is 1. The molecule has 0 bridgehead atoms. The first-order chi connectivity index (χ1) is 9.40. The molecule has 0 amide bonds. The van der Waals surface area contributed by atoms with Gasteiger partial charge in [-0.05, 0) is 48.9 Å². The van der Waals surface area contributed by atoms with Gasteiger partial charge in [0.15, 0.2) is 0 Å². The lowest BCUT2D eigenvalue weighted by Crippen LogP contribution is -2.48. The van der Waals surface area contributed by atoms with Crippen molar-refractivity contribution in [2.24, 2.45) is 5.92 Å². The highest BCUT2D eigenvalue weighted by Gasteiger charge is 2.38. The second-order valence-corrected chi connectivity index (χ2v) is 5.38. The number of rotatable bonds is 5. The van der Waals surface area contributed by atoms with Crippen molar-refractivity contribution in [3.05, 3.63) is 29.8 Å². The lowest BCUT2D eigenvalue weighted by molar-refractivity contribution is -0.274. The van der Waals surface area contributed by atoms with Crippen LogP contribution in [0.1, 0.15) is 38.2 Å². The van der Waals surface area contributed by atoms with Crippen LogP contribution < -0.4 is 10.1 Å². The van der Waals surface area contributed by atoms with Crippen LogP contribution in [0.2, 0.25) is 0 Å². The zero-order chi connectivity index (χ0) is 14.8. The average molecular weight is 287 g/mol. The van der Waals surface area contributed by atoms with E-state index in [2.05, 4.69) is 23.9 Å². The molecule has 1 aliphatic rings. The Morgan fingerprint density at radius 3 is 2.40 bits per heavy atom. The van der Waals surface area contributed by atoms with Crippen molar-refractivity contribution in [1.29, 1.82) is 0 Å². The molecule has 20 heavy (non-hydrogen) atoms. The molecule has 3 atom stereocenters. The van der Waals surface area contributed by atoms with E-state index in [1.54, 1.807) is 12.1 Å². The highest BCUT2D eigenvalue weighted by Crippen LogP contribution is 2.42. The zero-order valence-corrected chi connectivity index (χ0v) is 11.7. The molecule has 0 heterocycles. The van der Waals surface area contributed by atoms with Gasteiger partial charge in [0, 0.05) is 6.04 Å². The SMILES string of the molecule is CCCNC1CC(c2ccc(OC(F)(F)F)cc2)C1C. The van der Waals surface area contributed by atoms with Crippen molar-refractivity contribution in [1.82, 2.24) is 5.32 Å². The van der Waals surface area contributed by atoms with Gasteiger partial charge in [-0.25, -0.2) is 0 Å². The Hall–Kier alpha value is -1.23. The highest BCUT2D eigenvalue weighted by atomic mass is 19.4. The van der Waals surface area contributed by atoms with Crippen molar-refractivity contribution < 1.29 is 17.9 Å². The van der Waals surface area contributed by atoms with E-state index in [0.717, 1.165) is 24.9 Å². The third-order valence-electron chi connectivity index (χ3n) is 3.98.